The first kappa shape index (κ1) is 15.0. The number of amides is 1. The van der Waals surface area contributed by atoms with E-state index >= 15 is 0 Å². The first-order valence-electron chi connectivity index (χ1n) is 6.98. The van der Waals surface area contributed by atoms with Gasteiger partial charge in [0.25, 0.3) is 5.91 Å². The summed E-state index contributed by atoms with van der Waals surface area (Å²) in [5, 5.41) is 14.4. The normalized spacial score (nSPS) is 22.8. The Morgan fingerprint density at radius 1 is 1.55 bits per heavy atom. The van der Waals surface area contributed by atoms with Crippen LogP contribution in [0.2, 0.25) is 0 Å². The number of hydrogen-bond acceptors (Lipinski definition) is 5. The molecule has 0 unspecified atom stereocenters. The summed E-state index contributed by atoms with van der Waals surface area (Å²) < 4.78 is 5.12. The van der Waals surface area contributed by atoms with Gasteiger partial charge in [0.1, 0.15) is 11.3 Å². The third-order valence-electron chi connectivity index (χ3n) is 3.71. The van der Waals surface area contributed by atoms with Gasteiger partial charge in [-0.25, -0.2) is 0 Å². The number of likely N-dealkylation sites (tertiary alicyclic amines) is 1. The Morgan fingerprint density at radius 3 is 2.85 bits per heavy atom. The largest absolute Gasteiger partial charge is 0.387 e. The van der Waals surface area contributed by atoms with Crippen molar-refractivity contribution in [3.63, 3.8) is 0 Å². The van der Waals surface area contributed by atoms with Gasteiger partial charge in [0.2, 0.25) is 0 Å². The Hall–Kier alpha value is -1.40. The lowest BCUT2D eigenvalue weighted by Gasteiger charge is -2.26. The molecular weight excluding hydrogens is 258 g/mol. The van der Waals surface area contributed by atoms with Crippen molar-refractivity contribution in [1.82, 2.24) is 15.0 Å². The molecule has 20 heavy (non-hydrogen) atoms. The smallest absolute Gasteiger partial charge is 0.259 e. The van der Waals surface area contributed by atoms with E-state index in [0.29, 0.717) is 49.5 Å². The van der Waals surface area contributed by atoms with Gasteiger partial charge in [-0.05, 0) is 33.9 Å². The van der Waals surface area contributed by atoms with Crippen molar-refractivity contribution in [2.75, 3.05) is 33.7 Å². The molecule has 1 aliphatic heterocycles. The van der Waals surface area contributed by atoms with E-state index < -0.39 is 5.60 Å². The molecule has 1 amide bonds. The van der Waals surface area contributed by atoms with E-state index in [9.17, 15) is 9.90 Å². The Labute approximate surface area is 119 Å². The molecule has 112 valence electrons. The number of rotatable bonds is 4. The van der Waals surface area contributed by atoms with E-state index in [0.717, 1.165) is 0 Å². The molecular formula is C14H23N3O3. The highest BCUT2D eigenvalue weighted by Gasteiger charge is 2.39. The molecule has 0 radical (unpaired) electrons. The zero-order chi connectivity index (χ0) is 14.9. The number of aliphatic hydroxyl groups is 1. The van der Waals surface area contributed by atoms with Gasteiger partial charge in [-0.1, -0.05) is 12.1 Å². The molecule has 1 aromatic rings. The SMILES string of the molecule is CCc1noc(C)c1C(=O)N1CC[C@](O)(CN(C)C)C1. The van der Waals surface area contributed by atoms with E-state index in [1.165, 1.54) is 0 Å². The van der Waals surface area contributed by atoms with Crippen molar-refractivity contribution >= 4 is 5.91 Å². The first-order chi connectivity index (χ1) is 9.36. The van der Waals surface area contributed by atoms with Crippen molar-refractivity contribution in [1.29, 1.82) is 0 Å². The van der Waals surface area contributed by atoms with Crippen molar-refractivity contribution < 1.29 is 14.4 Å². The summed E-state index contributed by atoms with van der Waals surface area (Å²) in [4.78, 5) is 16.2. The maximum absolute atomic E-state index is 12.6. The second kappa shape index (κ2) is 5.54. The molecule has 0 bridgehead atoms. The van der Waals surface area contributed by atoms with Crippen LogP contribution in [0, 0.1) is 6.92 Å². The number of nitrogens with zero attached hydrogens (tertiary/aromatic N) is 3. The van der Waals surface area contributed by atoms with Crippen molar-refractivity contribution in [3.05, 3.63) is 17.0 Å². The highest BCUT2D eigenvalue weighted by molar-refractivity contribution is 5.96. The van der Waals surface area contributed by atoms with Gasteiger partial charge in [0.15, 0.2) is 0 Å². The zero-order valence-electron chi connectivity index (χ0n) is 12.6. The minimum absolute atomic E-state index is 0.0877. The minimum Gasteiger partial charge on any atom is -0.387 e. The van der Waals surface area contributed by atoms with Crippen molar-refractivity contribution in [2.45, 2.75) is 32.3 Å². The van der Waals surface area contributed by atoms with E-state index in [1.807, 2.05) is 25.9 Å². The monoisotopic (exact) mass is 281 g/mol. The Balaban J connectivity index is 2.14. The summed E-state index contributed by atoms with van der Waals surface area (Å²) in [6, 6.07) is 0. The molecule has 1 saturated heterocycles. The summed E-state index contributed by atoms with van der Waals surface area (Å²) >= 11 is 0. The number of carbonyl (C=O) groups excluding carboxylic acids is 1. The van der Waals surface area contributed by atoms with Gasteiger partial charge in [-0.3, -0.25) is 4.79 Å². The van der Waals surface area contributed by atoms with E-state index in [2.05, 4.69) is 5.16 Å². The molecule has 0 aliphatic carbocycles. The summed E-state index contributed by atoms with van der Waals surface area (Å²) in [6.45, 7) is 5.18. The van der Waals surface area contributed by atoms with Gasteiger partial charge in [-0.2, -0.15) is 0 Å². The quantitative estimate of drug-likeness (QED) is 0.879. The lowest BCUT2D eigenvalue weighted by atomic mass is 10.0. The fraction of sp³-hybridized carbons (Fsp3) is 0.714. The minimum atomic E-state index is -0.823. The molecule has 0 spiro atoms. The average molecular weight is 281 g/mol. The molecule has 2 rings (SSSR count). The molecule has 1 aromatic heterocycles. The number of hydrogen-bond donors (Lipinski definition) is 1. The van der Waals surface area contributed by atoms with Crippen LogP contribution in [0.25, 0.3) is 0 Å². The van der Waals surface area contributed by atoms with Gasteiger partial charge >= 0.3 is 0 Å². The third kappa shape index (κ3) is 2.86. The van der Waals surface area contributed by atoms with Gasteiger partial charge in [0.05, 0.1) is 17.8 Å². The Bertz CT molecular complexity index is 498. The summed E-state index contributed by atoms with van der Waals surface area (Å²) in [5.41, 5.74) is 0.425. The maximum Gasteiger partial charge on any atom is 0.259 e. The van der Waals surface area contributed by atoms with Crippen LogP contribution in [0.5, 0.6) is 0 Å². The van der Waals surface area contributed by atoms with Crippen LogP contribution in [0.3, 0.4) is 0 Å². The second-order valence-electron chi connectivity index (χ2n) is 5.85. The summed E-state index contributed by atoms with van der Waals surface area (Å²) in [7, 11) is 3.84. The molecule has 1 N–H and O–H groups in total. The average Bonchev–Trinajstić information content (AvgIpc) is 2.91. The van der Waals surface area contributed by atoms with Crippen LogP contribution >= 0.6 is 0 Å². The number of aryl methyl sites for hydroxylation is 2. The Morgan fingerprint density at radius 2 is 2.25 bits per heavy atom. The second-order valence-corrected chi connectivity index (χ2v) is 5.85. The number of carbonyl (C=O) groups is 1. The highest BCUT2D eigenvalue weighted by atomic mass is 16.5. The van der Waals surface area contributed by atoms with E-state index in [-0.39, 0.29) is 5.91 Å². The third-order valence-corrected chi connectivity index (χ3v) is 3.71. The van der Waals surface area contributed by atoms with Crippen LogP contribution in [0.4, 0.5) is 0 Å². The molecule has 1 fully saturated rings. The molecule has 1 atom stereocenters. The van der Waals surface area contributed by atoms with Gasteiger partial charge in [0, 0.05) is 13.1 Å². The lowest BCUT2D eigenvalue weighted by Crippen LogP contribution is -2.43. The maximum atomic E-state index is 12.6. The summed E-state index contributed by atoms with van der Waals surface area (Å²) in [6.07, 6.45) is 1.26. The molecule has 6 heteroatoms. The number of likely N-dealkylation sites (N-methyl/N-ethyl adjacent to an activating group) is 1. The van der Waals surface area contributed by atoms with E-state index in [4.69, 9.17) is 4.52 Å². The standard InChI is InChI=1S/C14H23N3O3/c1-5-11-12(10(2)20-15-11)13(18)17-7-6-14(19,9-17)8-16(3)4/h19H,5-9H2,1-4H3/t14-/m0/s1. The van der Waals surface area contributed by atoms with Gasteiger partial charge in [-0.15, -0.1) is 0 Å². The molecule has 6 nitrogen and oxygen atoms in total. The number of aromatic nitrogens is 1. The van der Waals surface area contributed by atoms with Gasteiger partial charge < -0.3 is 19.4 Å². The van der Waals surface area contributed by atoms with Crippen LogP contribution in [0.1, 0.15) is 35.2 Å². The lowest BCUT2D eigenvalue weighted by molar-refractivity contribution is 0.0235. The fourth-order valence-electron chi connectivity index (χ4n) is 2.84. The Kier molecular flexibility index (Phi) is 4.15. The van der Waals surface area contributed by atoms with Crippen molar-refractivity contribution in [2.24, 2.45) is 0 Å². The first-order valence-corrected chi connectivity index (χ1v) is 6.98. The molecule has 0 aromatic carbocycles. The van der Waals surface area contributed by atoms with Crippen molar-refractivity contribution in [3.8, 4) is 0 Å². The van der Waals surface area contributed by atoms with Crippen LogP contribution in [0.15, 0.2) is 4.52 Å². The predicted octanol–water partition coefficient (Wildman–Crippen LogP) is 0.684. The fourth-order valence-corrected chi connectivity index (χ4v) is 2.84. The number of β-amino-alcohol motifs (C(OH)–C–C–N with tert-alkyl or cyclic N) is 1. The topological polar surface area (TPSA) is 69.8 Å². The predicted molar refractivity (Wildman–Crippen MR) is 74.6 cm³/mol. The van der Waals surface area contributed by atoms with Crippen LogP contribution in [-0.4, -0.2) is 65.3 Å². The van der Waals surface area contributed by atoms with E-state index in [1.54, 1.807) is 11.8 Å². The van der Waals surface area contributed by atoms with Crippen LogP contribution in [-0.2, 0) is 6.42 Å². The molecule has 1 aliphatic rings. The summed E-state index contributed by atoms with van der Waals surface area (Å²) in [5.74, 6) is 0.463. The molecule has 2 heterocycles. The van der Waals surface area contributed by atoms with Crippen LogP contribution < -0.4 is 0 Å². The molecule has 0 saturated carbocycles. The highest BCUT2D eigenvalue weighted by Crippen LogP contribution is 2.25. The zero-order valence-corrected chi connectivity index (χ0v) is 12.6.